The van der Waals surface area contributed by atoms with Gasteiger partial charge in [0, 0.05) is 24.3 Å². The van der Waals surface area contributed by atoms with Gasteiger partial charge in [-0.3, -0.25) is 9.52 Å². The molecule has 0 aliphatic carbocycles. The Kier molecular flexibility index (Phi) is 5.27. The van der Waals surface area contributed by atoms with Crippen LogP contribution in [0.4, 0.5) is 15.8 Å². The molecule has 0 atom stereocenters. The summed E-state index contributed by atoms with van der Waals surface area (Å²) in [4.78, 5) is 13.9. The molecule has 1 aliphatic heterocycles. The number of fused-ring (bicyclic) bond motifs is 1. The molecule has 0 unspecified atom stereocenters. The Morgan fingerprint density at radius 3 is 2.54 bits per heavy atom. The van der Waals surface area contributed by atoms with E-state index in [2.05, 4.69) is 11.6 Å². The number of carbonyl (C=O) groups excluding carboxylic acids is 1. The van der Waals surface area contributed by atoms with Crippen molar-refractivity contribution in [1.82, 2.24) is 0 Å². The smallest absolute Gasteiger partial charge is 0.261 e. The van der Waals surface area contributed by atoms with E-state index in [-0.39, 0.29) is 10.8 Å². The van der Waals surface area contributed by atoms with Crippen molar-refractivity contribution in [1.29, 1.82) is 0 Å². The lowest BCUT2D eigenvalue weighted by Gasteiger charge is -2.29. The number of halogens is 1. The summed E-state index contributed by atoms with van der Waals surface area (Å²) in [5.41, 5.74) is 2.22. The molecule has 3 rings (SSSR count). The Hall–Kier alpha value is -2.41. The molecule has 26 heavy (non-hydrogen) atoms. The fourth-order valence-corrected chi connectivity index (χ4v) is 4.06. The van der Waals surface area contributed by atoms with Crippen molar-refractivity contribution >= 4 is 27.3 Å². The van der Waals surface area contributed by atoms with E-state index in [9.17, 15) is 17.6 Å². The van der Waals surface area contributed by atoms with Crippen molar-refractivity contribution in [2.45, 2.75) is 37.5 Å². The topological polar surface area (TPSA) is 66.5 Å². The van der Waals surface area contributed by atoms with E-state index < -0.39 is 15.8 Å². The number of unbranched alkanes of at least 4 members (excludes halogenated alkanes) is 1. The van der Waals surface area contributed by atoms with Crippen molar-refractivity contribution in [3.63, 3.8) is 0 Å². The van der Waals surface area contributed by atoms with Gasteiger partial charge in [0.25, 0.3) is 10.0 Å². The van der Waals surface area contributed by atoms with Gasteiger partial charge >= 0.3 is 0 Å². The third-order valence-corrected chi connectivity index (χ3v) is 5.79. The van der Waals surface area contributed by atoms with E-state index >= 15 is 0 Å². The molecule has 1 heterocycles. The third-order valence-electron chi connectivity index (χ3n) is 4.39. The van der Waals surface area contributed by atoms with Crippen LogP contribution in [0, 0.1) is 5.82 Å². The molecule has 7 heteroatoms. The van der Waals surface area contributed by atoms with Crippen LogP contribution in [0.5, 0.6) is 0 Å². The van der Waals surface area contributed by atoms with Gasteiger partial charge in [-0.25, -0.2) is 12.8 Å². The van der Waals surface area contributed by atoms with Crippen LogP contribution >= 0.6 is 0 Å². The van der Waals surface area contributed by atoms with Gasteiger partial charge < -0.3 is 4.90 Å². The highest BCUT2D eigenvalue weighted by Crippen LogP contribution is 2.31. The molecule has 1 N–H and O–H groups in total. The molecule has 2 aromatic carbocycles. The number of sulfonamides is 1. The van der Waals surface area contributed by atoms with E-state index in [1.807, 2.05) is 0 Å². The SMILES string of the molecule is CCCCN1C(=O)CCc2cc(NS(=O)(=O)c3ccc(F)cc3)ccc21. The predicted octanol–water partition coefficient (Wildman–Crippen LogP) is 3.71. The maximum absolute atomic E-state index is 13.0. The molecule has 0 aromatic heterocycles. The minimum Gasteiger partial charge on any atom is -0.312 e. The number of nitrogens with one attached hydrogen (secondary N) is 1. The number of rotatable bonds is 6. The summed E-state index contributed by atoms with van der Waals surface area (Å²) >= 11 is 0. The quantitative estimate of drug-likeness (QED) is 0.836. The molecular weight excluding hydrogens is 355 g/mol. The highest BCUT2D eigenvalue weighted by Gasteiger charge is 2.24. The molecule has 0 saturated carbocycles. The highest BCUT2D eigenvalue weighted by atomic mass is 32.2. The summed E-state index contributed by atoms with van der Waals surface area (Å²) in [6.45, 7) is 2.74. The normalized spacial score (nSPS) is 14.2. The van der Waals surface area contributed by atoms with E-state index in [1.54, 1.807) is 23.1 Å². The van der Waals surface area contributed by atoms with Crippen LogP contribution < -0.4 is 9.62 Å². The first-order valence-corrected chi connectivity index (χ1v) is 10.1. The van der Waals surface area contributed by atoms with Gasteiger partial charge in [-0.1, -0.05) is 13.3 Å². The zero-order valence-electron chi connectivity index (χ0n) is 14.5. The van der Waals surface area contributed by atoms with Gasteiger partial charge in [0.2, 0.25) is 5.91 Å². The number of hydrogen-bond donors (Lipinski definition) is 1. The zero-order chi connectivity index (χ0) is 18.7. The average molecular weight is 376 g/mol. The Morgan fingerprint density at radius 1 is 1.12 bits per heavy atom. The number of benzene rings is 2. The Balaban J connectivity index is 1.85. The van der Waals surface area contributed by atoms with Crippen LogP contribution in [0.1, 0.15) is 31.7 Å². The van der Waals surface area contributed by atoms with Gasteiger partial charge in [-0.15, -0.1) is 0 Å². The Bertz CT molecular complexity index is 911. The van der Waals surface area contributed by atoms with Crippen LogP contribution in [0.15, 0.2) is 47.4 Å². The average Bonchev–Trinajstić information content (AvgIpc) is 2.61. The fourth-order valence-electron chi connectivity index (χ4n) is 3.01. The molecule has 138 valence electrons. The Morgan fingerprint density at radius 2 is 1.85 bits per heavy atom. The second-order valence-electron chi connectivity index (χ2n) is 6.30. The predicted molar refractivity (Wildman–Crippen MR) is 99.2 cm³/mol. The molecule has 0 spiro atoms. The lowest BCUT2D eigenvalue weighted by Crippen LogP contribution is -2.35. The van der Waals surface area contributed by atoms with Crippen LogP contribution in [0.25, 0.3) is 0 Å². The summed E-state index contributed by atoms with van der Waals surface area (Å²) in [5.74, 6) is -0.389. The van der Waals surface area contributed by atoms with E-state index in [1.165, 1.54) is 12.1 Å². The third kappa shape index (κ3) is 3.88. The van der Waals surface area contributed by atoms with Crippen LogP contribution in [-0.2, 0) is 21.2 Å². The first-order valence-electron chi connectivity index (χ1n) is 8.62. The monoisotopic (exact) mass is 376 g/mol. The standard InChI is InChI=1S/C19H21FN2O3S/c1-2-3-12-22-18-10-7-16(13-14(18)4-11-19(22)23)21-26(24,25)17-8-5-15(20)6-9-17/h5-10,13,21H,2-4,11-12H2,1H3. The largest absolute Gasteiger partial charge is 0.312 e. The van der Waals surface area contributed by atoms with Crippen LogP contribution in [0.3, 0.4) is 0 Å². The molecule has 1 amide bonds. The molecule has 1 aliphatic rings. The minimum absolute atomic E-state index is 0.00336. The van der Waals surface area contributed by atoms with Crippen molar-refractivity contribution in [3.05, 3.63) is 53.8 Å². The van der Waals surface area contributed by atoms with Crippen LogP contribution in [-0.4, -0.2) is 20.9 Å². The van der Waals surface area contributed by atoms with Crippen molar-refractivity contribution in [2.24, 2.45) is 0 Å². The maximum atomic E-state index is 13.0. The van der Waals surface area contributed by atoms with Crippen molar-refractivity contribution in [3.8, 4) is 0 Å². The highest BCUT2D eigenvalue weighted by molar-refractivity contribution is 7.92. The second-order valence-corrected chi connectivity index (χ2v) is 7.98. The van der Waals surface area contributed by atoms with Gasteiger partial charge in [0.15, 0.2) is 0 Å². The molecular formula is C19H21FN2O3S. The van der Waals surface area contributed by atoms with Gasteiger partial charge in [0.1, 0.15) is 5.82 Å². The van der Waals surface area contributed by atoms with E-state index in [0.717, 1.165) is 36.2 Å². The lowest BCUT2D eigenvalue weighted by atomic mass is 10.00. The summed E-state index contributed by atoms with van der Waals surface area (Å²) < 4.78 is 40.4. The van der Waals surface area contributed by atoms with E-state index in [4.69, 9.17) is 0 Å². The summed E-state index contributed by atoms with van der Waals surface area (Å²) in [6, 6.07) is 9.86. The Labute approximate surface area is 152 Å². The zero-order valence-corrected chi connectivity index (χ0v) is 15.4. The molecule has 0 saturated heterocycles. The first kappa shape index (κ1) is 18.4. The first-order chi connectivity index (χ1) is 12.4. The summed E-state index contributed by atoms with van der Waals surface area (Å²) in [5, 5.41) is 0. The fraction of sp³-hybridized carbons (Fsp3) is 0.316. The summed E-state index contributed by atoms with van der Waals surface area (Å²) in [6.07, 6.45) is 2.92. The second kappa shape index (κ2) is 7.45. The van der Waals surface area contributed by atoms with Gasteiger partial charge in [-0.2, -0.15) is 0 Å². The number of anilines is 2. The van der Waals surface area contributed by atoms with Crippen molar-refractivity contribution in [2.75, 3.05) is 16.2 Å². The molecule has 2 aromatic rings. The number of hydrogen-bond acceptors (Lipinski definition) is 3. The number of carbonyl (C=O) groups is 1. The molecule has 0 radical (unpaired) electrons. The van der Waals surface area contributed by atoms with Gasteiger partial charge in [-0.05, 0) is 60.9 Å². The molecule has 0 bridgehead atoms. The summed E-state index contributed by atoms with van der Waals surface area (Å²) in [7, 11) is -3.79. The number of amides is 1. The van der Waals surface area contributed by atoms with Crippen molar-refractivity contribution < 1.29 is 17.6 Å². The molecule has 5 nitrogen and oxygen atoms in total. The molecule has 0 fully saturated rings. The van der Waals surface area contributed by atoms with Crippen LogP contribution in [0.2, 0.25) is 0 Å². The number of nitrogens with zero attached hydrogens (tertiary/aromatic N) is 1. The maximum Gasteiger partial charge on any atom is 0.261 e. The lowest BCUT2D eigenvalue weighted by molar-refractivity contribution is -0.118. The minimum atomic E-state index is -3.79. The van der Waals surface area contributed by atoms with Gasteiger partial charge in [0.05, 0.1) is 4.90 Å². The number of aryl methyl sites for hydroxylation is 1. The van der Waals surface area contributed by atoms with E-state index in [0.29, 0.717) is 25.1 Å².